The van der Waals surface area contributed by atoms with Gasteiger partial charge in [-0.25, -0.2) is 4.39 Å². The highest BCUT2D eigenvalue weighted by molar-refractivity contribution is 9.09. The summed E-state index contributed by atoms with van der Waals surface area (Å²) < 4.78 is 13.7. The molecule has 114 valence electrons. The first-order valence-corrected chi connectivity index (χ1v) is 8.67. The van der Waals surface area contributed by atoms with Gasteiger partial charge in [0, 0.05) is 24.0 Å². The summed E-state index contributed by atoms with van der Waals surface area (Å²) in [5, 5.41) is 1.02. The number of rotatable bonds is 9. The predicted molar refractivity (Wildman–Crippen MR) is 88.8 cm³/mol. The van der Waals surface area contributed by atoms with Gasteiger partial charge in [0.05, 0.1) is 0 Å². The third kappa shape index (κ3) is 5.17. The van der Waals surface area contributed by atoms with Crippen molar-refractivity contribution in [3.8, 4) is 0 Å². The minimum absolute atomic E-state index is 0.102. The summed E-state index contributed by atoms with van der Waals surface area (Å²) in [5.41, 5.74) is 1.09. The number of hydrogen-bond donors (Lipinski definition) is 0. The summed E-state index contributed by atoms with van der Waals surface area (Å²) in [4.78, 5) is 2.25. The van der Waals surface area contributed by atoms with E-state index < -0.39 is 0 Å². The van der Waals surface area contributed by atoms with Crippen molar-refractivity contribution < 1.29 is 4.39 Å². The summed E-state index contributed by atoms with van der Waals surface area (Å²) in [6.07, 6.45) is 4.82. The van der Waals surface area contributed by atoms with Gasteiger partial charge in [-0.05, 0) is 31.4 Å². The van der Waals surface area contributed by atoms with Crippen LogP contribution >= 0.6 is 15.9 Å². The highest BCUT2D eigenvalue weighted by atomic mass is 79.9. The fourth-order valence-corrected chi connectivity index (χ4v) is 3.80. The predicted octanol–water partition coefficient (Wildman–Crippen LogP) is 5.24. The average molecular weight is 344 g/mol. The Labute approximate surface area is 131 Å². The molecule has 1 nitrogen and oxygen atoms in total. The molecule has 0 unspecified atom stereocenters. The monoisotopic (exact) mass is 343 g/mol. The van der Waals surface area contributed by atoms with Gasteiger partial charge >= 0.3 is 0 Å². The fraction of sp³-hybridized carbons (Fsp3) is 0.647. The molecule has 0 spiro atoms. The van der Waals surface area contributed by atoms with E-state index in [1.807, 2.05) is 12.1 Å². The maximum absolute atomic E-state index is 13.7. The zero-order valence-electron chi connectivity index (χ0n) is 13.0. The largest absolute Gasteiger partial charge is 0.301 e. The van der Waals surface area contributed by atoms with Crippen LogP contribution in [0.3, 0.4) is 0 Å². The molecule has 1 aromatic rings. The van der Waals surface area contributed by atoms with Gasteiger partial charge in [0.15, 0.2) is 0 Å². The first kappa shape index (κ1) is 17.6. The Morgan fingerprint density at radius 2 is 1.75 bits per heavy atom. The second-order valence-electron chi connectivity index (χ2n) is 5.90. The normalized spacial score (nSPS) is 12.1. The van der Waals surface area contributed by atoms with Gasteiger partial charge in [0.25, 0.3) is 0 Å². The Morgan fingerprint density at radius 3 is 2.25 bits per heavy atom. The summed E-state index contributed by atoms with van der Waals surface area (Å²) in [6, 6.07) is 7.07. The molecule has 0 aliphatic rings. The summed E-state index contributed by atoms with van der Waals surface area (Å²) >= 11 is 3.70. The molecular formula is C17H27BrFN. The van der Waals surface area contributed by atoms with Crippen molar-refractivity contribution in [1.29, 1.82) is 0 Å². The molecule has 1 aromatic carbocycles. The van der Waals surface area contributed by atoms with Gasteiger partial charge in [-0.2, -0.15) is 0 Å². The first-order chi connectivity index (χ1) is 9.56. The van der Waals surface area contributed by atoms with E-state index in [0.29, 0.717) is 12.0 Å². The van der Waals surface area contributed by atoms with Crippen LogP contribution < -0.4 is 0 Å². The van der Waals surface area contributed by atoms with Crippen molar-refractivity contribution in [2.75, 3.05) is 18.9 Å². The molecule has 0 amide bonds. The Hall–Kier alpha value is -0.410. The molecular weight excluding hydrogens is 317 g/mol. The van der Waals surface area contributed by atoms with Gasteiger partial charge in [-0.15, -0.1) is 0 Å². The van der Waals surface area contributed by atoms with Crippen LogP contribution in [0.15, 0.2) is 24.3 Å². The van der Waals surface area contributed by atoms with Crippen LogP contribution in [0.4, 0.5) is 4.39 Å². The van der Waals surface area contributed by atoms with Gasteiger partial charge in [0.2, 0.25) is 0 Å². The molecule has 20 heavy (non-hydrogen) atoms. The molecule has 1 rings (SSSR count). The van der Waals surface area contributed by atoms with Crippen LogP contribution in [-0.4, -0.2) is 23.8 Å². The van der Waals surface area contributed by atoms with E-state index in [9.17, 15) is 4.39 Å². The Morgan fingerprint density at radius 1 is 1.15 bits per heavy atom. The standard InChI is InChI=1S/C17H27BrFN/c1-4-10-17(13-18,11-5-2)14-20(3)12-15-8-6-7-9-16(15)19/h6-9H,4-5,10-14H2,1-3H3. The minimum Gasteiger partial charge on any atom is -0.301 e. The van der Waals surface area contributed by atoms with E-state index in [0.717, 1.165) is 17.4 Å². The van der Waals surface area contributed by atoms with Gasteiger partial charge in [-0.3, -0.25) is 0 Å². The zero-order chi connectivity index (χ0) is 15.0. The molecule has 0 heterocycles. The lowest BCUT2D eigenvalue weighted by Crippen LogP contribution is -2.37. The topological polar surface area (TPSA) is 3.24 Å². The van der Waals surface area contributed by atoms with Crippen molar-refractivity contribution in [3.05, 3.63) is 35.6 Å². The lowest BCUT2D eigenvalue weighted by Gasteiger charge is -2.36. The van der Waals surface area contributed by atoms with E-state index in [1.54, 1.807) is 12.1 Å². The van der Waals surface area contributed by atoms with E-state index in [1.165, 1.54) is 25.7 Å². The van der Waals surface area contributed by atoms with Crippen molar-refractivity contribution in [2.45, 2.75) is 46.1 Å². The molecule has 0 saturated heterocycles. The van der Waals surface area contributed by atoms with Crippen molar-refractivity contribution in [1.82, 2.24) is 4.90 Å². The summed E-state index contributed by atoms with van der Waals surface area (Å²) in [5.74, 6) is -0.102. The van der Waals surface area contributed by atoms with E-state index in [-0.39, 0.29) is 5.82 Å². The fourth-order valence-electron chi connectivity index (χ4n) is 3.07. The molecule has 0 atom stereocenters. The van der Waals surface area contributed by atoms with E-state index >= 15 is 0 Å². The van der Waals surface area contributed by atoms with Gasteiger partial charge < -0.3 is 4.90 Å². The molecule has 0 saturated carbocycles. The molecule has 0 radical (unpaired) electrons. The van der Waals surface area contributed by atoms with Crippen LogP contribution in [0.5, 0.6) is 0 Å². The molecule has 3 heteroatoms. The van der Waals surface area contributed by atoms with Crippen LogP contribution in [0, 0.1) is 11.2 Å². The molecule has 0 N–H and O–H groups in total. The Bertz CT molecular complexity index is 388. The molecule has 0 fully saturated rings. The SMILES string of the molecule is CCCC(CBr)(CCC)CN(C)Cc1ccccc1F. The minimum atomic E-state index is -0.102. The van der Waals surface area contributed by atoms with E-state index in [4.69, 9.17) is 0 Å². The molecule has 0 bridgehead atoms. The second kappa shape index (κ2) is 8.78. The Balaban J connectivity index is 2.70. The third-order valence-corrected chi connectivity index (χ3v) is 5.04. The zero-order valence-corrected chi connectivity index (χ0v) is 14.5. The van der Waals surface area contributed by atoms with Crippen LogP contribution in [0.25, 0.3) is 0 Å². The highest BCUT2D eigenvalue weighted by Crippen LogP contribution is 2.33. The summed E-state index contributed by atoms with van der Waals surface area (Å²) in [6.45, 7) is 6.16. The lowest BCUT2D eigenvalue weighted by atomic mass is 9.80. The van der Waals surface area contributed by atoms with Crippen LogP contribution in [-0.2, 0) is 6.54 Å². The average Bonchev–Trinajstić information content (AvgIpc) is 2.42. The quantitative estimate of drug-likeness (QED) is 0.554. The summed E-state index contributed by atoms with van der Waals surface area (Å²) in [7, 11) is 2.09. The molecule has 0 aliphatic carbocycles. The van der Waals surface area contributed by atoms with E-state index in [2.05, 4.69) is 41.7 Å². The number of hydrogen-bond acceptors (Lipinski definition) is 1. The molecule has 0 aromatic heterocycles. The van der Waals surface area contributed by atoms with Crippen LogP contribution in [0.1, 0.15) is 45.1 Å². The molecule has 0 aliphatic heterocycles. The second-order valence-corrected chi connectivity index (χ2v) is 6.46. The van der Waals surface area contributed by atoms with Gasteiger partial charge in [-0.1, -0.05) is 60.8 Å². The maximum atomic E-state index is 13.7. The number of alkyl halides is 1. The number of nitrogens with zero attached hydrogens (tertiary/aromatic N) is 1. The number of benzene rings is 1. The van der Waals surface area contributed by atoms with Crippen molar-refractivity contribution >= 4 is 15.9 Å². The van der Waals surface area contributed by atoms with Gasteiger partial charge in [0.1, 0.15) is 5.82 Å². The first-order valence-electron chi connectivity index (χ1n) is 7.55. The van der Waals surface area contributed by atoms with Crippen molar-refractivity contribution in [3.63, 3.8) is 0 Å². The smallest absolute Gasteiger partial charge is 0.127 e. The number of halogens is 2. The highest BCUT2D eigenvalue weighted by Gasteiger charge is 2.28. The van der Waals surface area contributed by atoms with Crippen molar-refractivity contribution in [2.24, 2.45) is 5.41 Å². The third-order valence-electron chi connectivity index (χ3n) is 3.85. The lowest BCUT2D eigenvalue weighted by molar-refractivity contribution is 0.165. The Kier molecular flexibility index (Phi) is 7.75. The van der Waals surface area contributed by atoms with Crippen LogP contribution in [0.2, 0.25) is 0 Å². The maximum Gasteiger partial charge on any atom is 0.127 e.